The van der Waals surface area contributed by atoms with Gasteiger partial charge in [0.1, 0.15) is 0 Å². The lowest BCUT2D eigenvalue weighted by Crippen LogP contribution is -2.46. The van der Waals surface area contributed by atoms with E-state index < -0.39 is 7.52 Å². The molecule has 0 aromatic heterocycles. The molecule has 4 heteroatoms. The van der Waals surface area contributed by atoms with Crippen molar-refractivity contribution in [1.82, 2.24) is 4.67 Å². The molecule has 1 heterocycles. The van der Waals surface area contributed by atoms with E-state index in [0.717, 1.165) is 11.7 Å². The van der Waals surface area contributed by atoms with Crippen LogP contribution in [0.15, 0.2) is 30.3 Å². The van der Waals surface area contributed by atoms with Gasteiger partial charge in [0, 0.05) is 6.04 Å². The van der Waals surface area contributed by atoms with Gasteiger partial charge in [-0.2, -0.15) is 0 Å². The summed E-state index contributed by atoms with van der Waals surface area (Å²) in [6.45, 7) is 0.654. The summed E-state index contributed by atoms with van der Waals surface area (Å²) in [5.41, 5.74) is 0. The zero-order valence-corrected chi connectivity index (χ0v) is 11.7. The lowest BCUT2D eigenvalue weighted by atomic mass is 9.85. The molecule has 3 rings (SSSR count). The van der Waals surface area contributed by atoms with Gasteiger partial charge in [-0.25, -0.2) is 4.67 Å². The van der Waals surface area contributed by atoms with Crippen molar-refractivity contribution in [2.45, 2.75) is 31.7 Å². The van der Waals surface area contributed by atoms with Crippen molar-refractivity contribution in [2.75, 3.05) is 13.7 Å². The monoisotopic (exact) mass is 265 g/mol. The molecule has 18 heavy (non-hydrogen) atoms. The van der Waals surface area contributed by atoms with Crippen molar-refractivity contribution in [3.63, 3.8) is 0 Å². The predicted octanol–water partition coefficient (Wildman–Crippen LogP) is 3.03. The van der Waals surface area contributed by atoms with Gasteiger partial charge in [0.05, 0.1) is 11.9 Å². The average Bonchev–Trinajstić information content (AvgIpc) is 2.44. The SMILES string of the molecule is CN1[C@@H]2CCCC[C@H]2COP1(=O)c1ccccc1. The second-order valence-electron chi connectivity index (χ2n) is 5.34. The third-order valence-corrected chi connectivity index (χ3v) is 6.89. The number of hydrogen-bond acceptors (Lipinski definition) is 2. The van der Waals surface area contributed by atoms with Crippen molar-refractivity contribution in [3.8, 4) is 0 Å². The smallest absolute Gasteiger partial charge is 0.302 e. The first kappa shape index (κ1) is 12.4. The van der Waals surface area contributed by atoms with Gasteiger partial charge in [0.2, 0.25) is 0 Å². The molecule has 0 amide bonds. The topological polar surface area (TPSA) is 29.5 Å². The van der Waals surface area contributed by atoms with Gasteiger partial charge in [-0.15, -0.1) is 0 Å². The van der Waals surface area contributed by atoms with Gasteiger partial charge in [0.15, 0.2) is 0 Å². The lowest BCUT2D eigenvalue weighted by molar-refractivity contribution is 0.0836. The summed E-state index contributed by atoms with van der Waals surface area (Å²) in [4.78, 5) is 0. The molecule has 3 nitrogen and oxygen atoms in total. The summed E-state index contributed by atoms with van der Waals surface area (Å²) < 4.78 is 21.0. The summed E-state index contributed by atoms with van der Waals surface area (Å²) in [6.07, 6.45) is 4.90. The number of nitrogens with zero attached hydrogens (tertiary/aromatic N) is 1. The van der Waals surface area contributed by atoms with Crippen LogP contribution in [0.5, 0.6) is 0 Å². The highest BCUT2D eigenvalue weighted by atomic mass is 31.2. The van der Waals surface area contributed by atoms with Gasteiger partial charge in [-0.05, 0) is 37.9 Å². The van der Waals surface area contributed by atoms with Crippen LogP contribution < -0.4 is 5.30 Å². The number of rotatable bonds is 1. The van der Waals surface area contributed by atoms with Crippen LogP contribution in [0.4, 0.5) is 0 Å². The number of benzene rings is 1. The molecule has 1 saturated carbocycles. The second kappa shape index (κ2) is 4.80. The molecule has 1 unspecified atom stereocenters. The van der Waals surface area contributed by atoms with Crippen LogP contribution >= 0.6 is 7.52 Å². The standard InChI is InChI=1S/C14H20NO2P/c1-15-14-10-6-5-7-12(14)11-17-18(15,16)13-8-3-2-4-9-13/h2-4,8-9,12,14H,5-7,10-11H2,1H3/t12-,14+,18?/m0/s1. The number of hydrogen-bond donors (Lipinski definition) is 0. The van der Waals surface area contributed by atoms with E-state index in [0.29, 0.717) is 18.6 Å². The Hall–Kier alpha value is -0.630. The Morgan fingerprint density at radius 2 is 1.94 bits per heavy atom. The van der Waals surface area contributed by atoms with E-state index in [9.17, 15) is 4.57 Å². The molecule has 2 aliphatic rings. The molecule has 2 fully saturated rings. The van der Waals surface area contributed by atoms with Gasteiger partial charge >= 0.3 is 7.52 Å². The first-order valence-corrected chi connectivity index (χ1v) is 8.33. The lowest BCUT2D eigenvalue weighted by Gasteiger charge is -2.45. The highest BCUT2D eigenvalue weighted by Gasteiger charge is 2.44. The fourth-order valence-corrected chi connectivity index (χ4v) is 5.56. The molecule has 1 aromatic rings. The Balaban J connectivity index is 1.92. The van der Waals surface area contributed by atoms with E-state index in [1.54, 1.807) is 0 Å². The highest BCUT2D eigenvalue weighted by molar-refractivity contribution is 7.64. The van der Waals surface area contributed by atoms with Crippen LogP contribution in [0.1, 0.15) is 25.7 Å². The largest absolute Gasteiger partial charge is 0.314 e. The Kier molecular flexibility index (Phi) is 3.31. The van der Waals surface area contributed by atoms with Crippen LogP contribution in [-0.2, 0) is 9.09 Å². The fourth-order valence-electron chi connectivity index (χ4n) is 3.23. The molecule has 0 bridgehead atoms. The van der Waals surface area contributed by atoms with E-state index in [2.05, 4.69) is 0 Å². The van der Waals surface area contributed by atoms with E-state index in [1.807, 2.05) is 42.0 Å². The molecule has 1 aliphatic heterocycles. The molecule has 3 atom stereocenters. The Morgan fingerprint density at radius 1 is 1.22 bits per heavy atom. The molecule has 1 aliphatic carbocycles. The quantitative estimate of drug-likeness (QED) is 0.731. The maximum atomic E-state index is 13.1. The fraction of sp³-hybridized carbons (Fsp3) is 0.571. The maximum Gasteiger partial charge on any atom is 0.302 e. The zero-order chi connectivity index (χ0) is 12.6. The highest BCUT2D eigenvalue weighted by Crippen LogP contribution is 2.56. The third kappa shape index (κ3) is 1.95. The van der Waals surface area contributed by atoms with Crippen LogP contribution in [0, 0.1) is 5.92 Å². The summed E-state index contributed by atoms with van der Waals surface area (Å²) in [7, 11) is -0.845. The van der Waals surface area contributed by atoms with Crippen molar-refractivity contribution >= 4 is 12.8 Å². The molecule has 0 spiro atoms. The van der Waals surface area contributed by atoms with Crippen LogP contribution in [-0.4, -0.2) is 24.4 Å². The number of fused-ring (bicyclic) bond motifs is 1. The van der Waals surface area contributed by atoms with Gasteiger partial charge in [-0.3, -0.25) is 4.57 Å². The molecular formula is C14H20NO2P. The predicted molar refractivity (Wildman–Crippen MR) is 73.1 cm³/mol. The van der Waals surface area contributed by atoms with Gasteiger partial charge in [-0.1, -0.05) is 31.0 Å². The van der Waals surface area contributed by atoms with Crippen molar-refractivity contribution in [2.24, 2.45) is 5.92 Å². The molecule has 0 N–H and O–H groups in total. The Bertz CT molecular complexity index is 462. The van der Waals surface area contributed by atoms with E-state index in [-0.39, 0.29) is 0 Å². The van der Waals surface area contributed by atoms with Crippen LogP contribution in [0.3, 0.4) is 0 Å². The maximum absolute atomic E-state index is 13.1. The molecule has 98 valence electrons. The van der Waals surface area contributed by atoms with Crippen molar-refractivity contribution in [1.29, 1.82) is 0 Å². The van der Waals surface area contributed by atoms with E-state index >= 15 is 0 Å². The Morgan fingerprint density at radius 3 is 2.72 bits per heavy atom. The van der Waals surface area contributed by atoms with Crippen LogP contribution in [0.25, 0.3) is 0 Å². The molecular weight excluding hydrogens is 245 g/mol. The van der Waals surface area contributed by atoms with E-state index in [4.69, 9.17) is 4.52 Å². The normalized spacial score (nSPS) is 37.2. The van der Waals surface area contributed by atoms with Crippen molar-refractivity contribution in [3.05, 3.63) is 30.3 Å². The first-order chi connectivity index (χ1) is 8.72. The molecule has 1 aromatic carbocycles. The second-order valence-corrected chi connectivity index (χ2v) is 7.78. The summed E-state index contributed by atoms with van der Waals surface area (Å²) in [6, 6.07) is 10.1. The molecule has 1 saturated heterocycles. The van der Waals surface area contributed by atoms with Gasteiger partial charge < -0.3 is 4.52 Å². The van der Waals surface area contributed by atoms with Crippen molar-refractivity contribution < 1.29 is 9.09 Å². The third-order valence-electron chi connectivity index (χ3n) is 4.31. The summed E-state index contributed by atoms with van der Waals surface area (Å²) in [5.74, 6) is 0.564. The Labute approximate surface area is 109 Å². The average molecular weight is 265 g/mol. The molecule has 0 radical (unpaired) electrons. The first-order valence-electron chi connectivity index (χ1n) is 6.75. The minimum atomic E-state index is -2.81. The van der Waals surface area contributed by atoms with Gasteiger partial charge in [0.25, 0.3) is 0 Å². The summed E-state index contributed by atoms with van der Waals surface area (Å²) in [5, 5.41) is 0.830. The summed E-state index contributed by atoms with van der Waals surface area (Å²) >= 11 is 0. The minimum absolute atomic E-state index is 0.429. The zero-order valence-electron chi connectivity index (χ0n) is 10.8. The van der Waals surface area contributed by atoms with E-state index in [1.165, 1.54) is 19.3 Å². The minimum Gasteiger partial charge on any atom is -0.314 e. The van der Waals surface area contributed by atoms with Crippen LogP contribution in [0.2, 0.25) is 0 Å².